The molecule has 3 nitrogen and oxygen atoms in total. The van der Waals surface area contributed by atoms with Crippen LogP contribution in [0.3, 0.4) is 0 Å². The maximum atomic E-state index is 12.7. The van der Waals surface area contributed by atoms with Crippen molar-refractivity contribution in [3.05, 3.63) is 28.2 Å². The number of nitrogens with zero attached hydrogens (tertiary/aromatic N) is 1. The topological polar surface area (TPSA) is 21.7 Å². The van der Waals surface area contributed by atoms with Crippen LogP contribution >= 0.6 is 15.9 Å². The molecule has 0 amide bonds. The molecule has 0 radical (unpaired) electrons. The summed E-state index contributed by atoms with van der Waals surface area (Å²) in [6, 6.07) is 3.73. The molecule has 1 spiro atoms. The van der Waals surface area contributed by atoms with E-state index >= 15 is 0 Å². The monoisotopic (exact) mass is 365 g/mol. The minimum absolute atomic E-state index is 0.437. The molecule has 3 rings (SSSR count). The fourth-order valence-electron chi connectivity index (χ4n) is 2.87. The number of benzene rings is 1. The minimum Gasteiger partial charge on any atom is -0.365 e. The molecule has 0 saturated carbocycles. The molecule has 2 saturated heterocycles. The molecule has 1 aromatic carbocycles. The van der Waals surface area contributed by atoms with Crippen LogP contribution in [0.15, 0.2) is 22.7 Å². The lowest BCUT2D eigenvalue weighted by Crippen LogP contribution is -2.49. The SMILES string of the molecule is FC(F)(F)c1ccc(N2CCCC3(C2)OCCO3)c(Br)c1. The number of alkyl halides is 3. The molecule has 7 heteroatoms. The van der Waals surface area contributed by atoms with E-state index in [-0.39, 0.29) is 0 Å². The molecule has 2 aliphatic rings. The van der Waals surface area contributed by atoms with E-state index in [1.807, 2.05) is 4.90 Å². The van der Waals surface area contributed by atoms with Crippen molar-refractivity contribution < 1.29 is 22.6 Å². The smallest absolute Gasteiger partial charge is 0.365 e. The normalized spacial score (nSPS) is 22.0. The lowest BCUT2D eigenvalue weighted by Gasteiger charge is -2.40. The van der Waals surface area contributed by atoms with Crippen LogP contribution in [0.25, 0.3) is 0 Å². The third-order valence-electron chi connectivity index (χ3n) is 3.85. The highest BCUT2D eigenvalue weighted by atomic mass is 79.9. The average Bonchev–Trinajstić information content (AvgIpc) is 2.85. The number of rotatable bonds is 1. The van der Waals surface area contributed by atoms with Crippen LogP contribution in [0, 0.1) is 0 Å². The Morgan fingerprint density at radius 2 is 1.90 bits per heavy atom. The van der Waals surface area contributed by atoms with E-state index in [0.717, 1.165) is 37.2 Å². The number of halogens is 4. The molecule has 0 bridgehead atoms. The highest BCUT2D eigenvalue weighted by molar-refractivity contribution is 9.10. The van der Waals surface area contributed by atoms with Crippen molar-refractivity contribution >= 4 is 21.6 Å². The summed E-state index contributed by atoms with van der Waals surface area (Å²) in [5, 5.41) is 0. The molecule has 21 heavy (non-hydrogen) atoms. The van der Waals surface area contributed by atoms with Gasteiger partial charge in [0.05, 0.1) is 31.0 Å². The Bertz CT molecular complexity index is 529. The zero-order chi connectivity index (χ0) is 15.1. The van der Waals surface area contributed by atoms with Gasteiger partial charge in [-0.1, -0.05) is 0 Å². The summed E-state index contributed by atoms with van der Waals surface area (Å²) < 4.78 is 49.9. The maximum Gasteiger partial charge on any atom is 0.416 e. The van der Waals surface area contributed by atoms with Gasteiger partial charge < -0.3 is 14.4 Å². The van der Waals surface area contributed by atoms with Crippen LogP contribution < -0.4 is 4.90 Å². The molecular weight excluding hydrogens is 351 g/mol. The quantitative estimate of drug-likeness (QED) is 0.755. The molecule has 1 aromatic rings. The van der Waals surface area contributed by atoms with Crippen molar-refractivity contribution in [3.63, 3.8) is 0 Å². The summed E-state index contributed by atoms with van der Waals surface area (Å²) in [5.41, 5.74) is 0.0828. The molecule has 0 unspecified atom stereocenters. The van der Waals surface area contributed by atoms with Crippen LogP contribution in [-0.2, 0) is 15.7 Å². The van der Waals surface area contributed by atoms with E-state index in [1.165, 1.54) is 6.07 Å². The zero-order valence-corrected chi connectivity index (χ0v) is 12.8. The Kier molecular flexibility index (Phi) is 3.92. The Morgan fingerprint density at radius 1 is 1.19 bits per heavy atom. The van der Waals surface area contributed by atoms with Crippen LogP contribution in [0.4, 0.5) is 18.9 Å². The second-order valence-corrected chi connectivity index (χ2v) is 6.15. The van der Waals surface area contributed by atoms with Gasteiger partial charge in [0, 0.05) is 17.4 Å². The van der Waals surface area contributed by atoms with Crippen LogP contribution in [0.2, 0.25) is 0 Å². The van der Waals surface area contributed by atoms with E-state index in [2.05, 4.69) is 15.9 Å². The third-order valence-corrected chi connectivity index (χ3v) is 4.48. The van der Waals surface area contributed by atoms with Gasteiger partial charge in [-0.2, -0.15) is 13.2 Å². The third kappa shape index (κ3) is 3.05. The van der Waals surface area contributed by atoms with Crippen molar-refractivity contribution in [2.24, 2.45) is 0 Å². The fourth-order valence-corrected chi connectivity index (χ4v) is 3.50. The molecule has 0 aromatic heterocycles. The minimum atomic E-state index is -4.33. The standard InChI is InChI=1S/C14H15BrF3NO2/c15-11-8-10(14(16,17)18)2-3-12(11)19-5-1-4-13(9-19)20-6-7-21-13/h2-3,8H,1,4-7,9H2. The van der Waals surface area contributed by atoms with Gasteiger partial charge in [-0.15, -0.1) is 0 Å². The lowest BCUT2D eigenvalue weighted by molar-refractivity contribution is -0.161. The number of hydrogen-bond acceptors (Lipinski definition) is 3. The first-order chi connectivity index (χ1) is 9.90. The van der Waals surface area contributed by atoms with E-state index in [0.29, 0.717) is 24.2 Å². The Hall–Kier alpha value is -0.790. The van der Waals surface area contributed by atoms with Gasteiger partial charge in [-0.25, -0.2) is 0 Å². The van der Waals surface area contributed by atoms with E-state index < -0.39 is 17.5 Å². The van der Waals surface area contributed by atoms with Crippen molar-refractivity contribution in [3.8, 4) is 0 Å². The zero-order valence-electron chi connectivity index (χ0n) is 11.3. The molecular formula is C14H15BrF3NO2. The average molecular weight is 366 g/mol. The predicted molar refractivity (Wildman–Crippen MR) is 75.2 cm³/mol. The van der Waals surface area contributed by atoms with Gasteiger partial charge in [0.15, 0.2) is 5.79 Å². The summed E-state index contributed by atoms with van der Waals surface area (Å²) in [7, 11) is 0. The second kappa shape index (κ2) is 5.44. The summed E-state index contributed by atoms with van der Waals surface area (Å²) in [5.74, 6) is -0.597. The Balaban J connectivity index is 1.83. The number of piperidine rings is 1. The second-order valence-electron chi connectivity index (χ2n) is 5.30. The first kappa shape index (κ1) is 15.1. The summed E-state index contributed by atoms with van der Waals surface area (Å²) in [4.78, 5) is 2.01. The van der Waals surface area contributed by atoms with Gasteiger partial charge in [-0.05, 0) is 40.5 Å². The van der Waals surface area contributed by atoms with Gasteiger partial charge in [0.2, 0.25) is 0 Å². The lowest BCUT2D eigenvalue weighted by atomic mass is 10.0. The van der Waals surface area contributed by atoms with Crippen molar-refractivity contribution in [2.75, 3.05) is 31.2 Å². The number of hydrogen-bond donors (Lipinski definition) is 0. The Labute approximate surface area is 129 Å². The molecule has 2 fully saturated rings. The first-order valence-electron chi connectivity index (χ1n) is 6.79. The predicted octanol–water partition coefficient (Wildman–Crippen LogP) is 3.81. The molecule has 0 aliphatic carbocycles. The highest BCUT2D eigenvalue weighted by Crippen LogP contribution is 2.38. The maximum absolute atomic E-state index is 12.7. The molecule has 0 atom stereocenters. The van der Waals surface area contributed by atoms with Gasteiger partial charge >= 0.3 is 6.18 Å². The summed E-state index contributed by atoms with van der Waals surface area (Å²) >= 11 is 3.25. The summed E-state index contributed by atoms with van der Waals surface area (Å²) in [6.45, 7) is 2.46. The molecule has 116 valence electrons. The van der Waals surface area contributed by atoms with E-state index in [1.54, 1.807) is 0 Å². The van der Waals surface area contributed by atoms with Gasteiger partial charge in [0.25, 0.3) is 0 Å². The van der Waals surface area contributed by atoms with Crippen molar-refractivity contribution in [2.45, 2.75) is 24.8 Å². The largest absolute Gasteiger partial charge is 0.416 e. The van der Waals surface area contributed by atoms with Crippen LogP contribution in [0.1, 0.15) is 18.4 Å². The highest BCUT2D eigenvalue weighted by Gasteiger charge is 2.41. The molecule has 2 heterocycles. The van der Waals surface area contributed by atoms with Gasteiger partial charge in [0.1, 0.15) is 0 Å². The number of anilines is 1. The van der Waals surface area contributed by atoms with Crippen molar-refractivity contribution in [1.29, 1.82) is 0 Å². The fraction of sp³-hybridized carbons (Fsp3) is 0.571. The molecule has 2 aliphatic heterocycles. The molecule has 0 N–H and O–H groups in total. The van der Waals surface area contributed by atoms with E-state index in [9.17, 15) is 13.2 Å². The van der Waals surface area contributed by atoms with E-state index in [4.69, 9.17) is 9.47 Å². The van der Waals surface area contributed by atoms with Crippen LogP contribution in [0.5, 0.6) is 0 Å². The first-order valence-corrected chi connectivity index (χ1v) is 7.59. The van der Waals surface area contributed by atoms with Crippen molar-refractivity contribution in [1.82, 2.24) is 0 Å². The summed E-state index contributed by atoms with van der Waals surface area (Å²) in [6.07, 6.45) is -2.63. The van der Waals surface area contributed by atoms with Crippen LogP contribution in [-0.4, -0.2) is 32.1 Å². The Morgan fingerprint density at radius 3 is 2.52 bits per heavy atom. The number of ether oxygens (including phenoxy) is 2. The van der Waals surface area contributed by atoms with Gasteiger partial charge in [-0.3, -0.25) is 0 Å².